The molecule has 0 aromatic heterocycles. The number of nitrogens with zero attached hydrogens (tertiary/aromatic N) is 1. The number of benzene rings is 2. The lowest BCUT2D eigenvalue weighted by Gasteiger charge is -2.32. The van der Waals surface area contributed by atoms with Crippen molar-refractivity contribution in [3.63, 3.8) is 0 Å². The van der Waals surface area contributed by atoms with E-state index in [9.17, 15) is 19.7 Å². The predicted molar refractivity (Wildman–Crippen MR) is 98.5 cm³/mol. The van der Waals surface area contributed by atoms with Gasteiger partial charge in [0.1, 0.15) is 5.69 Å². The summed E-state index contributed by atoms with van der Waals surface area (Å²) in [6, 6.07) is 13.5. The van der Waals surface area contributed by atoms with Crippen LogP contribution in [0, 0.1) is 16.0 Å². The number of carboxylic acid groups (broad SMARTS) is 1. The molecular formula is C19H19N3O5. The standard InChI is InChI=1S/C19H19N3O5/c23-18(21-15-8-14(9-15)19(24)25)13-6-7-16(17(10-13)22(26)27)20-11-12-4-2-1-3-5-12/h1-7,10,14-15,20H,8-9,11H2,(H,21,23)(H,24,25). The van der Waals surface area contributed by atoms with E-state index >= 15 is 0 Å². The van der Waals surface area contributed by atoms with Crippen LogP contribution in [-0.4, -0.2) is 27.9 Å². The molecule has 3 N–H and O–H groups in total. The Hall–Kier alpha value is -3.42. The molecule has 27 heavy (non-hydrogen) atoms. The predicted octanol–water partition coefficient (Wildman–Crippen LogP) is 2.80. The average molecular weight is 369 g/mol. The number of nitrogens with one attached hydrogen (secondary N) is 2. The van der Waals surface area contributed by atoms with E-state index in [0.717, 1.165) is 5.56 Å². The van der Waals surface area contributed by atoms with Gasteiger partial charge < -0.3 is 15.7 Å². The second kappa shape index (κ2) is 7.86. The highest BCUT2D eigenvalue weighted by Gasteiger charge is 2.35. The largest absolute Gasteiger partial charge is 0.481 e. The normalized spacial score (nSPS) is 18.2. The monoisotopic (exact) mass is 369 g/mol. The number of amides is 1. The van der Waals surface area contributed by atoms with E-state index in [4.69, 9.17) is 5.11 Å². The van der Waals surface area contributed by atoms with Gasteiger partial charge in [-0.05, 0) is 30.5 Å². The zero-order chi connectivity index (χ0) is 19.4. The Morgan fingerprint density at radius 1 is 1.15 bits per heavy atom. The topological polar surface area (TPSA) is 122 Å². The van der Waals surface area contributed by atoms with Crippen LogP contribution in [-0.2, 0) is 11.3 Å². The van der Waals surface area contributed by atoms with Crippen LogP contribution >= 0.6 is 0 Å². The summed E-state index contributed by atoms with van der Waals surface area (Å²) in [5.41, 5.74) is 1.29. The molecule has 8 heteroatoms. The molecule has 1 aliphatic rings. The van der Waals surface area contributed by atoms with Crippen LogP contribution in [0.3, 0.4) is 0 Å². The van der Waals surface area contributed by atoms with Gasteiger partial charge in [-0.3, -0.25) is 19.7 Å². The van der Waals surface area contributed by atoms with Crippen LogP contribution < -0.4 is 10.6 Å². The van der Waals surface area contributed by atoms with Gasteiger partial charge in [0.15, 0.2) is 0 Å². The van der Waals surface area contributed by atoms with Gasteiger partial charge in [0.05, 0.1) is 10.8 Å². The Morgan fingerprint density at radius 3 is 2.48 bits per heavy atom. The van der Waals surface area contributed by atoms with Crippen molar-refractivity contribution >= 4 is 23.3 Å². The maximum Gasteiger partial charge on any atom is 0.306 e. The lowest BCUT2D eigenvalue weighted by Crippen LogP contribution is -2.46. The molecule has 0 bridgehead atoms. The maximum absolute atomic E-state index is 12.3. The number of aliphatic carboxylic acids is 1. The third-order valence-electron chi connectivity index (χ3n) is 4.60. The molecule has 0 atom stereocenters. The van der Waals surface area contributed by atoms with Crippen molar-refractivity contribution in [2.75, 3.05) is 5.32 Å². The smallest absolute Gasteiger partial charge is 0.306 e. The van der Waals surface area contributed by atoms with E-state index in [1.165, 1.54) is 18.2 Å². The molecule has 0 saturated heterocycles. The first-order valence-electron chi connectivity index (χ1n) is 8.54. The van der Waals surface area contributed by atoms with Crippen molar-refractivity contribution in [3.05, 3.63) is 69.8 Å². The summed E-state index contributed by atoms with van der Waals surface area (Å²) in [4.78, 5) is 33.9. The van der Waals surface area contributed by atoms with Gasteiger partial charge in [-0.25, -0.2) is 0 Å². The van der Waals surface area contributed by atoms with E-state index in [2.05, 4.69) is 10.6 Å². The molecule has 1 saturated carbocycles. The fourth-order valence-corrected chi connectivity index (χ4v) is 2.97. The van der Waals surface area contributed by atoms with E-state index in [1.807, 2.05) is 30.3 Å². The number of hydrogen-bond acceptors (Lipinski definition) is 5. The van der Waals surface area contributed by atoms with Crippen LogP contribution in [0.25, 0.3) is 0 Å². The molecule has 0 unspecified atom stereocenters. The molecule has 1 amide bonds. The minimum absolute atomic E-state index is 0.172. The van der Waals surface area contributed by atoms with Gasteiger partial charge in [-0.1, -0.05) is 30.3 Å². The van der Waals surface area contributed by atoms with E-state index in [1.54, 1.807) is 0 Å². The quantitative estimate of drug-likeness (QED) is 0.510. The molecule has 1 fully saturated rings. The second-order valence-electron chi connectivity index (χ2n) is 6.51. The Bertz CT molecular complexity index is 863. The summed E-state index contributed by atoms with van der Waals surface area (Å²) in [7, 11) is 0. The summed E-state index contributed by atoms with van der Waals surface area (Å²) in [6.07, 6.45) is 0.750. The number of rotatable bonds is 7. The molecule has 1 aliphatic carbocycles. The van der Waals surface area contributed by atoms with Crippen molar-refractivity contribution in [2.45, 2.75) is 25.4 Å². The van der Waals surface area contributed by atoms with Crippen LogP contribution in [0.2, 0.25) is 0 Å². The van der Waals surface area contributed by atoms with E-state index in [-0.39, 0.29) is 17.3 Å². The molecule has 0 radical (unpaired) electrons. The summed E-state index contributed by atoms with van der Waals surface area (Å²) < 4.78 is 0. The highest BCUT2D eigenvalue weighted by molar-refractivity contribution is 5.96. The van der Waals surface area contributed by atoms with Gasteiger partial charge in [0.2, 0.25) is 0 Å². The number of hydrogen-bond donors (Lipinski definition) is 3. The molecular weight excluding hydrogens is 350 g/mol. The Kier molecular flexibility index (Phi) is 5.35. The summed E-state index contributed by atoms with van der Waals surface area (Å²) >= 11 is 0. The van der Waals surface area contributed by atoms with Gasteiger partial charge in [0.25, 0.3) is 11.6 Å². The van der Waals surface area contributed by atoms with Crippen molar-refractivity contribution in [2.24, 2.45) is 5.92 Å². The Morgan fingerprint density at radius 2 is 1.85 bits per heavy atom. The van der Waals surface area contributed by atoms with Crippen molar-refractivity contribution in [1.82, 2.24) is 5.32 Å². The fraction of sp³-hybridized carbons (Fsp3) is 0.263. The third kappa shape index (κ3) is 4.41. The number of carboxylic acids is 1. The van der Waals surface area contributed by atoms with E-state index in [0.29, 0.717) is 25.1 Å². The van der Waals surface area contributed by atoms with E-state index < -0.39 is 22.7 Å². The lowest BCUT2D eigenvalue weighted by molar-refractivity contribution is -0.384. The molecule has 2 aromatic rings. The number of carbonyl (C=O) groups excluding carboxylic acids is 1. The van der Waals surface area contributed by atoms with Crippen molar-refractivity contribution in [1.29, 1.82) is 0 Å². The fourth-order valence-electron chi connectivity index (χ4n) is 2.97. The lowest BCUT2D eigenvalue weighted by atomic mass is 9.80. The van der Waals surface area contributed by atoms with Gasteiger partial charge in [0, 0.05) is 24.2 Å². The van der Waals surface area contributed by atoms with Gasteiger partial charge in [-0.15, -0.1) is 0 Å². The van der Waals surface area contributed by atoms with Gasteiger partial charge in [-0.2, -0.15) is 0 Å². The molecule has 0 aliphatic heterocycles. The number of anilines is 1. The zero-order valence-corrected chi connectivity index (χ0v) is 14.4. The minimum atomic E-state index is -0.870. The molecule has 140 valence electrons. The summed E-state index contributed by atoms with van der Waals surface area (Å²) in [5.74, 6) is -1.75. The van der Waals surface area contributed by atoms with Crippen molar-refractivity contribution < 1.29 is 19.6 Å². The van der Waals surface area contributed by atoms with Gasteiger partial charge >= 0.3 is 5.97 Å². The Labute approximate surface area is 155 Å². The third-order valence-corrected chi connectivity index (χ3v) is 4.60. The Balaban J connectivity index is 1.67. The molecule has 3 rings (SSSR count). The molecule has 2 aromatic carbocycles. The molecule has 0 spiro atoms. The number of nitro groups is 1. The second-order valence-corrected chi connectivity index (χ2v) is 6.51. The average Bonchev–Trinajstić information content (AvgIpc) is 2.62. The SMILES string of the molecule is O=C(NC1CC(C(=O)O)C1)c1ccc(NCc2ccccc2)c([N+](=O)[O-])c1. The first-order chi connectivity index (χ1) is 12.9. The molecule has 0 heterocycles. The number of carbonyl (C=O) groups is 2. The highest BCUT2D eigenvalue weighted by atomic mass is 16.6. The maximum atomic E-state index is 12.3. The zero-order valence-electron chi connectivity index (χ0n) is 14.4. The van der Waals surface area contributed by atoms with Crippen molar-refractivity contribution in [3.8, 4) is 0 Å². The number of nitro benzene ring substituents is 1. The minimum Gasteiger partial charge on any atom is -0.481 e. The first-order valence-corrected chi connectivity index (χ1v) is 8.54. The summed E-state index contributed by atoms with van der Waals surface area (Å²) in [5, 5.41) is 26.0. The first kappa shape index (κ1) is 18.4. The summed E-state index contributed by atoms with van der Waals surface area (Å²) in [6.45, 7) is 0.422. The molecule has 8 nitrogen and oxygen atoms in total. The highest BCUT2D eigenvalue weighted by Crippen LogP contribution is 2.29. The van der Waals surface area contributed by atoms with Crippen LogP contribution in [0.5, 0.6) is 0 Å². The van der Waals surface area contributed by atoms with Crippen LogP contribution in [0.1, 0.15) is 28.8 Å². The van der Waals surface area contributed by atoms with Crippen LogP contribution in [0.15, 0.2) is 48.5 Å². The van der Waals surface area contributed by atoms with Crippen LogP contribution in [0.4, 0.5) is 11.4 Å².